The zero-order chi connectivity index (χ0) is 25.3. The Morgan fingerprint density at radius 3 is 2.26 bits per heavy atom. The Kier molecular flexibility index (Phi) is 11.3. The van der Waals surface area contributed by atoms with Gasteiger partial charge < -0.3 is 16.4 Å². The number of rotatable bonds is 4. The van der Waals surface area contributed by atoms with E-state index in [9.17, 15) is 4.79 Å². The molecule has 7 nitrogen and oxygen atoms in total. The van der Waals surface area contributed by atoms with Crippen molar-refractivity contribution in [3.05, 3.63) is 35.0 Å². The number of piperidine rings is 1. The first kappa shape index (κ1) is 28.6. The molecule has 1 saturated heterocycles. The number of carbonyl (C=O) groups excluding carboxylic acids is 1. The number of hydrogen-bond acceptors (Lipinski definition) is 8. The largest absolute Gasteiger partial charge is 0.381 e. The van der Waals surface area contributed by atoms with Gasteiger partial charge in [0.05, 0.1) is 16.8 Å². The molecule has 0 unspecified atom stereocenters. The lowest BCUT2D eigenvalue weighted by Crippen LogP contribution is -2.39. The Bertz CT molecular complexity index is 940. The molecular weight excluding hydrogens is 488 g/mol. The lowest BCUT2D eigenvalue weighted by molar-refractivity contribution is 0.1000. The summed E-state index contributed by atoms with van der Waals surface area (Å²) < 4.78 is 0. The van der Waals surface area contributed by atoms with Gasteiger partial charge in [-0.25, -0.2) is 9.97 Å². The highest BCUT2D eigenvalue weighted by molar-refractivity contribution is 7.99. The fraction of sp³-hybridized carbons (Fsp3) is 0.542. The third-order valence-corrected chi connectivity index (χ3v) is 7.59. The van der Waals surface area contributed by atoms with Crippen LogP contribution in [0, 0.1) is 11.3 Å². The molecule has 34 heavy (non-hydrogen) atoms. The normalized spacial score (nSPS) is 16.5. The molecule has 0 radical (unpaired) electrons. The van der Waals surface area contributed by atoms with Crippen LogP contribution >= 0.6 is 36.2 Å². The lowest BCUT2D eigenvalue weighted by atomic mass is 9.77. The van der Waals surface area contributed by atoms with Crippen molar-refractivity contribution in [3.63, 3.8) is 0 Å². The minimum absolute atomic E-state index is 0.281. The standard InChI is InChI=1S/C20H24ClN5OS.C4H10.H3NS/c21-16-13(18(23)27)4-3-5-14(16)28-19-17(22)25-15(12-24-19)26-10-8-20(9-11-26)6-1-2-7-20;1-4(2)3;1-2/h3-5,12H,1-2,6-11H2,(H2,22,25)(H2,23,27);4H,1-3H3;2H,1H2. The van der Waals surface area contributed by atoms with E-state index in [1.807, 2.05) is 0 Å². The van der Waals surface area contributed by atoms with Crippen molar-refractivity contribution in [2.45, 2.75) is 69.2 Å². The molecule has 2 fully saturated rings. The van der Waals surface area contributed by atoms with E-state index in [0.29, 0.717) is 26.2 Å². The van der Waals surface area contributed by atoms with Crippen molar-refractivity contribution in [2.24, 2.45) is 22.2 Å². The first-order chi connectivity index (χ1) is 16.2. The summed E-state index contributed by atoms with van der Waals surface area (Å²) in [7, 11) is 0. The van der Waals surface area contributed by atoms with Crippen LogP contribution in [0.25, 0.3) is 0 Å². The van der Waals surface area contributed by atoms with Gasteiger partial charge >= 0.3 is 0 Å². The number of nitrogens with zero attached hydrogens (tertiary/aromatic N) is 3. The van der Waals surface area contributed by atoms with Crippen LogP contribution < -0.4 is 21.5 Å². The van der Waals surface area contributed by atoms with Gasteiger partial charge in [0.25, 0.3) is 0 Å². The number of carbonyl (C=O) groups is 1. The van der Waals surface area contributed by atoms with Crippen molar-refractivity contribution in [1.29, 1.82) is 0 Å². The summed E-state index contributed by atoms with van der Waals surface area (Å²) in [5, 5.41) is 5.07. The molecule has 1 spiro atoms. The third kappa shape index (κ3) is 7.66. The topological polar surface area (TPSA) is 124 Å². The van der Waals surface area contributed by atoms with Crippen LogP contribution in [-0.4, -0.2) is 29.0 Å². The first-order valence-corrected chi connectivity index (χ1v) is 13.3. The second-order valence-corrected chi connectivity index (χ2v) is 10.8. The van der Waals surface area contributed by atoms with Crippen LogP contribution in [0.5, 0.6) is 0 Å². The van der Waals surface area contributed by atoms with E-state index in [-0.39, 0.29) is 5.56 Å². The van der Waals surface area contributed by atoms with E-state index < -0.39 is 5.91 Å². The van der Waals surface area contributed by atoms with Gasteiger partial charge in [0.1, 0.15) is 10.8 Å². The molecule has 10 heteroatoms. The maximum Gasteiger partial charge on any atom is 0.250 e. The second kappa shape index (κ2) is 13.4. The number of halogens is 1. The molecule has 6 N–H and O–H groups in total. The highest BCUT2D eigenvalue weighted by Gasteiger charge is 2.37. The van der Waals surface area contributed by atoms with Gasteiger partial charge in [0.2, 0.25) is 5.91 Å². The smallest absolute Gasteiger partial charge is 0.250 e. The fourth-order valence-corrected chi connectivity index (χ4v) is 5.48. The number of amides is 1. The van der Waals surface area contributed by atoms with E-state index in [1.165, 1.54) is 50.3 Å². The van der Waals surface area contributed by atoms with Crippen LogP contribution in [0.1, 0.15) is 69.7 Å². The van der Waals surface area contributed by atoms with E-state index >= 15 is 0 Å². The first-order valence-electron chi connectivity index (χ1n) is 11.6. The number of nitrogen functional groups attached to an aromatic ring is 1. The Morgan fingerprint density at radius 1 is 1.15 bits per heavy atom. The molecule has 2 heterocycles. The van der Waals surface area contributed by atoms with Gasteiger partial charge in [-0.15, -0.1) is 12.8 Å². The molecular formula is C24H37ClN6OS2. The number of primary amides is 1. The summed E-state index contributed by atoms with van der Waals surface area (Å²) in [6.07, 6.45) is 9.71. The highest BCUT2D eigenvalue weighted by Crippen LogP contribution is 2.46. The zero-order valence-electron chi connectivity index (χ0n) is 20.3. The maximum absolute atomic E-state index is 11.5. The molecule has 188 valence electrons. The molecule has 0 atom stereocenters. The van der Waals surface area contributed by atoms with Crippen molar-refractivity contribution >= 4 is 53.7 Å². The molecule has 1 aliphatic heterocycles. The summed E-state index contributed by atoms with van der Waals surface area (Å²) in [6.45, 7) is 8.51. The lowest BCUT2D eigenvalue weighted by Gasteiger charge is -2.39. The number of anilines is 2. The van der Waals surface area contributed by atoms with Crippen LogP contribution in [0.2, 0.25) is 5.02 Å². The molecule has 0 bridgehead atoms. The van der Waals surface area contributed by atoms with Crippen molar-refractivity contribution in [1.82, 2.24) is 9.97 Å². The number of hydrogen-bond donors (Lipinski definition) is 4. The van der Waals surface area contributed by atoms with Crippen LogP contribution in [0.3, 0.4) is 0 Å². The van der Waals surface area contributed by atoms with Gasteiger partial charge in [0.15, 0.2) is 5.82 Å². The third-order valence-electron chi connectivity index (χ3n) is 6.00. The molecule has 2 aromatic rings. The van der Waals surface area contributed by atoms with Gasteiger partial charge in [-0.3, -0.25) is 9.93 Å². The van der Waals surface area contributed by atoms with Crippen molar-refractivity contribution in [2.75, 3.05) is 23.7 Å². The average Bonchev–Trinajstić information content (AvgIpc) is 3.25. The van der Waals surface area contributed by atoms with Gasteiger partial charge in [0, 0.05) is 18.0 Å². The predicted octanol–water partition coefficient (Wildman–Crippen LogP) is 5.58. The predicted molar refractivity (Wildman–Crippen MR) is 147 cm³/mol. The molecule has 1 saturated carbocycles. The number of nitrogens with two attached hydrogens (primary N) is 3. The quantitative estimate of drug-likeness (QED) is 0.385. The number of thiol groups is 1. The van der Waals surface area contributed by atoms with Crippen LogP contribution in [0.4, 0.5) is 11.6 Å². The molecule has 2 aliphatic rings. The van der Waals surface area contributed by atoms with Crippen LogP contribution in [-0.2, 0) is 0 Å². The zero-order valence-corrected chi connectivity index (χ0v) is 22.7. The number of aromatic nitrogens is 2. The monoisotopic (exact) mass is 524 g/mol. The molecule has 1 amide bonds. The molecule has 1 aliphatic carbocycles. The van der Waals surface area contributed by atoms with Crippen molar-refractivity contribution < 1.29 is 4.79 Å². The summed E-state index contributed by atoms with van der Waals surface area (Å²) >= 11 is 10.6. The van der Waals surface area contributed by atoms with E-state index in [2.05, 4.69) is 53.6 Å². The fourth-order valence-electron chi connectivity index (χ4n) is 4.33. The summed E-state index contributed by atoms with van der Waals surface area (Å²) in [6, 6.07) is 5.14. The van der Waals surface area contributed by atoms with Crippen LogP contribution in [0.15, 0.2) is 34.3 Å². The molecule has 4 rings (SSSR count). The maximum atomic E-state index is 11.5. The summed E-state index contributed by atoms with van der Waals surface area (Å²) in [4.78, 5) is 23.5. The molecule has 1 aromatic heterocycles. The number of benzene rings is 1. The highest BCUT2D eigenvalue weighted by atomic mass is 35.5. The molecule has 1 aromatic carbocycles. The SMILES string of the molecule is CC(C)C.NC(=O)c1cccc(Sc2ncc(N3CCC4(CCCC4)CC3)nc2N)c1Cl.NS. The minimum Gasteiger partial charge on any atom is -0.381 e. The van der Waals surface area contributed by atoms with E-state index in [4.69, 9.17) is 23.1 Å². The summed E-state index contributed by atoms with van der Waals surface area (Å²) in [5.41, 5.74) is 12.4. The Labute approximate surface area is 218 Å². The Hall–Kier alpha value is -1.68. The average molecular weight is 525 g/mol. The summed E-state index contributed by atoms with van der Waals surface area (Å²) in [5.74, 6) is 1.46. The van der Waals surface area contributed by atoms with E-state index in [0.717, 1.165) is 24.8 Å². The van der Waals surface area contributed by atoms with E-state index in [1.54, 1.807) is 24.4 Å². The van der Waals surface area contributed by atoms with Gasteiger partial charge in [-0.05, 0) is 49.1 Å². The van der Waals surface area contributed by atoms with Gasteiger partial charge in [-0.2, -0.15) is 0 Å². The Balaban J connectivity index is 0.000000618. The Morgan fingerprint density at radius 2 is 1.74 bits per heavy atom. The second-order valence-electron chi connectivity index (χ2n) is 9.43. The van der Waals surface area contributed by atoms with Gasteiger partial charge in [-0.1, -0.05) is 63.0 Å². The minimum atomic E-state index is -0.563. The van der Waals surface area contributed by atoms with Crippen molar-refractivity contribution in [3.8, 4) is 0 Å².